The number of nitrogens with zero attached hydrogens (tertiary/aromatic N) is 1. The van der Waals surface area contributed by atoms with Gasteiger partial charge in [-0.15, -0.1) is 0 Å². The van der Waals surface area contributed by atoms with Gasteiger partial charge in [0.15, 0.2) is 0 Å². The summed E-state index contributed by atoms with van der Waals surface area (Å²) in [5.74, 6) is 0. The van der Waals surface area contributed by atoms with Gasteiger partial charge >= 0.3 is 0 Å². The van der Waals surface area contributed by atoms with Gasteiger partial charge < -0.3 is 10.1 Å². The molecule has 0 heterocycles. The highest BCUT2D eigenvalue weighted by molar-refractivity contribution is 4.83. The molecule has 1 unspecified atom stereocenters. The molecule has 0 aliphatic rings. The van der Waals surface area contributed by atoms with Gasteiger partial charge in [0.25, 0.3) is 0 Å². The van der Waals surface area contributed by atoms with E-state index in [2.05, 4.69) is 44.8 Å². The van der Waals surface area contributed by atoms with Crippen LogP contribution in [0.4, 0.5) is 0 Å². The van der Waals surface area contributed by atoms with Gasteiger partial charge in [-0.3, -0.25) is 4.90 Å². The second-order valence-electron chi connectivity index (χ2n) is 5.13. The zero-order valence-electron chi connectivity index (χ0n) is 12.0. The lowest BCUT2D eigenvalue weighted by Crippen LogP contribution is -2.52. The van der Waals surface area contributed by atoms with Crippen molar-refractivity contribution in [3.63, 3.8) is 0 Å². The average molecular weight is 230 g/mol. The Hall–Kier alpha value is -0.120. The van der Waals surface area contributed by atoms with Gasteiger partial charge in [-0.1, -0.05) is 13.8 Å². The summed E-state index contributed by atoms with van der Waals surface area (Å²) in [6.07, 6.45) is 1.19. The molecule has 3 nitrogen and oxygen atoms in total. The molecule has 0 aromatic carbocycles. The largest absolute Gasteiger partial charge is 0.383 e. The van der Waals surface area contributed by atoms with E-state index in [-0.39, 0.29) is 5.54 Å². The normalized spacial score (nSPS) is 14.4. The van der Waals surface area contributed by atoms with Crippen LogP contribution in [0.2, 0.25) is 0 Å². The van der Waals surface area contributed by atoms with Gasteiger partial charge in [0.05, 0.1) is 6.61 Å². The molecule has 0 saturated heterocycles. The minimum absolute atomic E-state index is 0.173. The molecule has 0 amide bonds. The average Bonchev–Trinajstić information content (AvgIpc) is 2.22. The van der Waals surface area contributed by atoms with Gasteiger partial charge in [-0.2, -0.15) is 0 Å². The summed E-state index contributed by atoms with van der Waals surface area (Å²) in [7, 11) is 1.77. The van der Waals surface area contributed by atoms with Crippen molar-refractivity contribution in [3.8, 4) is 0 Å². The van der Waals surface area contributed by atoms with E-state index in [9.17, 15) is 0 Å². The smallest absolute Gasteiger partial charge is 0.0589 e. The first kappa shape index (κ1) is 15.9. The maximum atomic E-state index is 5.18. The molecule has 0 spiro atoms. The third-order valence-corrected chi connectivity index (χ3v) is 3.05. The van der Waals surface area contributed by atoms with Crippen molar-refractivity contribution in [2.24, 2.45) is 0 Å². The minimum atomic E-state index is 0.173. The second-order valence-corrected chi connectivity index (χ2v) is 5.13. The highest BCUT2D eigenvalue weighted by atomic mass is 16.5. The molecule has 0 fully saturated rings. The van der Waals surface area contributed by atoms with E-state index in [4.69, 9.17) is 4.74 Å². The van der Waals surface area contributed by atoms with Crippen molar-refractivity contribution in [2.75, 3.05) is 33.4 Å². The van der Waals surface area contributed by atoms with Crippen LogP contribution in [0.1, 0.15) is 41.0 Å². The van der Waals surface area contributed by atoms with Crippen LogP contribution >= 0.6 is 0 Å². The highest BCUT2D eigenvalue weighted by Gasteiger charge is 2.22. The van der Waals surface area contributed by atoms with E-state index in [1.807, 2.05) is 0 Å². The lowest BCUT2D eigenvalue weighted by molar-refractivity contribution is 0.101. The van der Waals surface area contributed by atoms with Crippen LogP contribution in [0.3, 0.4) is 0 Å². The summed E-state index contributed by atoms with van der Waals surface area (Å²) in [6, 6.07) is 0.619. The number of rotatable bonds is 9. The predicted molar refractivity (Wildman–Crippen MR) is 71.0 cm³/mol. The summed E-state index contributed by atoms with van der Waals surface area (Å²) in [5, 5.41) is 3.53. The summed E-state index contributed by atoms with van der Waals surface area (Å²) >= 11 is 0. The van der Waals surface area contributed by atoms with E-state index >= 15 is 0 Å². The summed E-state index contributed by atoms with van der Waals surface area (Å²) in [4.78, 5) is 2.51. The van der Waals surface area contributed by atoms with Crippen LogP contribution in [-0.4, -0.2) is 49.8 Å². The molecule has 0 aliphatic carbocycles. The van der Waals surface area contributed by atoms with E-state index < -0.39 is 0 Å². The first-order valence-corrected chi connectivity index (χ1v) is 6.44. The molecular weight excluding hydrogens is 200 g/mol. The Kier molecular flexibility index (Phi) is 7.98. The molecule has 0 aliphatic heterocycles. The topological polar surface area (TPSA) is 24.5 Å². The minimum Gasteiger partial charge on any atom is -0.383 e. The van der Waals surface area contributed by atoms with Gasteiger partial charge in [-0.05, 0) is 33.7 Å². The number of ether oxygens (including phenoxy) is 1. The molecule has 98 valence electrons. The maximum Gasteiger partial charge on any atom is 0.0589 e. The predicted octanol–water partition coefficient (Wildman–Crippen LogP) is 2.12. The third-order valence-electron chi connectivity index (χ3n) is 3.05. The SMILES string of the molecule is CCNC(C)(C)CN(CCOC)C(C)CC. The van der Waals surface area contributed by atoms with E-state index in [1.54, 1.807) is 7.11 Å². The first-order valence-electron chi connectivity index (χ1n) is 6.44. The number of nitrogens with one attached hydrogen (secondary N) is 1. The van der Waals surface area contributed by atoms with Crippen molar-refractivity contribution in [1.82, 2.24) is 10.2 Å². The molecular formula is C13H30N2O. The van der Waals surface area contributed by atoms with Crippen molar-refractivity contribution >= 4 is 0 Å². The fourth-order valence-corrected chi connectivity index (χ4v) is 1.96. The van der Waals surface area contributed by atoms with Crippen LogP contribution in [0.15, 0.2) is 0 Å². The fraction of sp³-hybridized carbons (Fsp3) is 1.00. The molecule has 16 heavy (non-hydrogen) atoms. The molecule has 0 aromatic heterocycles. The van der Waals surface area contributed by atoms with Crippen LogP contribution in [0.5, 0.6) is 0 Å². The maximum absolute atomic E-state index is 5.18. The third kappa shape index (κ3) is 6.46. The Labute approximate surface area is 102 Å². The van der Waals surface area contributed by atoms with Gasteiger partial charge in [0.2, 0.25) is 0 Å². The van der Waals surface area contributed by atoms with Gasteiger partial charge in [-0.25, -0.2) is 0 Å². The Morgan fingerprint density at radius 3 is 2.38 bits per heavy atom. The van der Waals surface area contributed by atoms with Crippen molar-refractivity contribution in [3.05, 3.63) is 0 Å². The molecule has 1 N–H and O–H groups in total. The van der Waals surface area contributed by atoms with E-state index in [1.165, 1.54) is 6.42 Å². The van der Waals surface area contributed by atoms with Gasteiger partial charge in [0.1, 0.15) is 0 Å². The molecule has 1 atom stereocenters. The van der Waals surface area contributed by atoms with Crippen LogP contribution in [0.25, 0.3) is 0 Å². The van der Waals surface area contributed by atoms with Crippen molar-refractivity contribution in [2.45, 2.75) is 52.6 Å². The molecule has 0 radical (unpaired) electrons. The van der Waals surface area contributed by atoms with Crippen molar-refractivity contribution in [1.29, 1.82) is 0 Å². The number of hydrogen-bond donors (Lipinski definition) is 1. The van der Waals surface area contributed by atoms with Crippen LogP contribution in [-0.2, 0) is 4.74 Å². The monoisotopic (exact) mass is 230 g/mol. The summed E-state index contributed by atoms with van der Waals surface area (Å²) < 4.78 is 5.18. The number of hydrogen-bond acceptors (Lipinski definition) is 3. The summed E-state index contributed by atoms with van der Waals surface area (Å²) in [6.45, 7) is 15.1. The van der Waals surface area contributed by atoms with Gasteiger partial charge in [0, 0.05) is 31.8 Å². The molecule has 0 saturated carbocycles. The quantitative estimate of drug-likeness (QED) is 0.656. The lowest BCUT2D eigenvalue weighted by atomic mass is 10.0. The van der Waals surface area contributed by atoms with Crippen molar-refractivity contribution < 1.29 is 4.74 Å². The standard InChI is InChI=1S/C13H30N2O/c1-7-12(3)15(9-10-16-6)11-13(4,5)14-8-2/h12,14H,7-11H2,1-6H3. The Morgan fingerprint density at radius 1 is 1.31 bits per heavy atom. The zero-order chi connectivity index (χ0) is 12.6. The number of likely N-dealkylation sites (N-methyl/N-ethyl adjacent to an activating group) is 1. The Bertz CT molecular complexity index is 171. The number of methoxy groups -OCH3 is 1. The van der Waals surface area contributed by atoms with E-state index in [0.29, 0.717) is 6.04 Å². The molecule has 3 heteroatoms. The van der Waals surface area contributed by atoms with E-state index in [0.717, 1.165) is 26.2 Å². The second kappa shape index (κ2) is 8.04. The summed E-state index contributed by atoms with van der Waals surface area (Å²) in [5.41, 5.74) is 0.173. The molecule has 0 bridgehead atoms. The lowest BCUT2D eigenvalue weighted by Gasteiger charge is -2.36. The fourth-order valence-electron chi connectivity index (χ4n) is 1.96. The molecule has 0 aromatic rings. The Balaban J connectivity index is 4.28. The van der Waals surface area contributed by atoms with Crippen LogP contribution in [0, 0.1) is 0 Å². The Morgan fingerprint density at radius 2 is 1.94 bits per heavy atom. The van der Waals surface area contributed by atoms with Crippen LogP contribution < -0.4 is 5.32 Å². The zero-order valence-corrected chi connectivity index (χ0v) is 12.0. The first-order chi connectivity index (χ1) is 7.46. The highest BCUT2D eigenvalue weighted by Crippen LogP contribution is 2.10. The molecule has 0 rings (SSSR count).